The van der Waals surface area contributed by atoms with Crippen molar-refractivity contribution in [2.45, 2.75) is 46.6 Å². The minimum Gasteiger partial charge on any atom is -0.316 e. The maximum atomic E-state index is 3.50. The molecule has 0 fully saturated rings. The van der Waals surface area contributed by atoms with Gasteiger partial charge < -0.3 is 10.6 Å². The first-order valence-electron chi connectivity index (χ1n) is 7.10. The van der Waals surface area contributed by atoms with Gasteiger partial charge in [-0.05, 0) is 63.0 Å². The van der Waals surface area contributed by atoms with Crippen molar-refractivity contribution in [1.82, 2.24) is 10.6 Å². The average molecular weight is 248 g/mol. The largest absolute Gasteiger partial charge is 0.316 e. The van der Waals surface area contributed by atoms with Crippen LogP contribution in [0.5, 0.6) is 0 Å². The normalized spacial score (nSPS) is 11.2. The van der Waals surface area contributed by atoms with Crippen LogP contribution in [0.1, 0.15) is 37.0 Å². The van der Waals surface area contributed by atoms with Crippen LogP contribution >= 0.6 is 0 Å². The number of rotatable bonds is 8. The van der Waals surface area contributed by atoms with Gasteiger partial charge in [-0.15, -0.1) is 0 Å². The molecule has 0 heterocycles. The highest BCUT2D eigenvalue weighted by Gasteiger charge is 1.97. The van der Waals surface area contributed by atoms with E-state index in [0.29, 0.717) is 6.04 Å². The lowest BCUT2D eigenvalue weighted by Crippen LogP contribution is -2.27. The van der Waals surface area contributed by atoms with Crippen LogP contribution in [0.3, 0.4) is 0 Å². The molecule has 0 amide bonds. The molecule has 102 valence electrons. The number of benzene rings is 1. The molecule has 0 aliphatic heterocycles. The monoisotopic (exact) mass is 248 g/mol. The van der Waals surface area contributed by atoms with Crippen LogP contribution in [0.25, 0.3) is 0 Å². The van der Waals surface area contributed by atoms with Crippen LogP contribution in [-0.2, 0) is 6.42 Å². The summed E-state index contributed by atoms with van der Waals surface area (Å²) < 4.78 is 0. The molecule has 0 aromatic heterocycles. The fraction of sp³-hybridized carbons (Fsp3) is 0.625. The maximum absolute atomic E-state index is 3.50. The molecule has 0 atom stereocenters. The Labute approximate surface area is 112 Å². The molecule has 0 spiro atoms. The van der Waals surface area contributed by atoms with E-state index in [1.807, 2.05) is 0 Å². The van der Waals surface area contributed by atoms with Crippen LogP contribution < -0.4 is 10.6 Å². The number of hydrogen-bond acceptors (Lipinski definition) is 2. The third-order valence-corrected chi connectivity index (χ3v) is 3.24. The molecular formula is C16H28N2. The van der Waals surface area contributed by atoms with Crippen molar-refractivity contribution in [3.8, 4) is 0 Å². The van der Waals surface area contributed by atoms with Gasteiger partial charge in [-0.1, -0.05) is 32.0 Å². The van der Waals surface area contributed by atoms with E-state index >= 15 is 0 Å². The van der Waals surface area contributed by atoms with Crippen LogP contribution in [0, 0.1) is 13.8 Å². The quantitative estimate of drug-likeness (QED) is 0.691. The van der Waals surface area contributed by atoms with Gasteiger partial charge in [0.25, 0.3) is 0 Å². The molecule has 2 heteroatoms. The standard InChI is InChI=1S/C16H28N2/c1-13(2)18-10-5-9-17-11-8-16-7-6-14(3)15(4)12-16/h6-7,12-13,17-18H,5,8-11H2,1-4H3. The zero-order chi connectivity index (χ0) is 13.4. The lowest BCUT2D eigenvalue weighted by atomic mass is 10.0. The minimum atomic E-state index is 0.598. The summed E-state index contributed by atoms with van der Waals surface area (Å²) in [4.78, 5) is 0. The van der Waals surface area contributed by atoms with Crippen molar-refractivity contribution < 1.29 is 0 Å². The second-order valence-corrected chi connectivity index (χ2v) is 5.38. The molecule has 0 bridgehead atoms. The SMILES string of the molecule is Cc1ccc(CCNCCCNC(C)C)cc1C. The fourth-order valence-corrected chi connectivity index (χ4v) is 1.92. The van der Waals surface area contributed by atoms with Crippen molar-refractivity contribution in [3.05, 3.63) is 34.9 Å². The van der Waals surface area contributed by atoms with E-state index in [4.69, 9.17) is 0 Å². The highest BCUT2D eigenvalue weighted by molar-refractivity contribution is 5.29. The predicted octanol–water partition coefficient (Wildman–Crippen LogP) is 2.82. The molecule has 1 rings (SSSR count). The molecule has 2 N–H and O–H groups in total. The Bertz CT molecular complexity index is 345. The van der Waals surface area contributed by atoms with Crippen molar-refractivity contribution in [3.63, 3.8) is 0 Å². The average Bonchev–Trinajstić information content (AvgIpc) is 2.32. The minimum absolute atomic E-state index is 0.598. The van der Waals surface area contributed by atoms with Crippen molar-refractivity contribution in [2.75, 3.05) is 19.6 Å². The van der Waals surface area contributed by atoms with E-state index < -0.39 is 0 Å². The van der Waals surface area contributed by atoms with Gasteiger partial charge in [0.05, 0.1) is 0 Å². The second-order valence-electron chi connectivity index (χ2n) is 5.38. The molecule has 0 radical (unpaired) electrons. The van der Waals surface area contributed by atoms with Gasteiger partial charge in [-0.2, -0.15) is 0 Å². The zero-order valence-corrected chi connectivity index (χ0v) is 12.3. The van der Waals surface area contributed by atoms with Crippen LogP contribution in [0.4, 0.5) is 0 Å². The Morgan fingerprint density at radius 2 is 1.78 bits per heavy atom. The highest BCUT2D eigenvalue weighted by atomic mass is 14.9. The Balaban J connectivity index is 2.09. The Morgan fingerprint density at radius 3 is 2.44 bits per heavy atom. The van der Waals surface area contributed by atoms with Crippen molar-refractivity contribution in [2.24, 2.45) is 0 Å². The summed E-state index contributed by atoms with van der Waals surface area (Å²) in [5, 5.41) is 6.93. The molecule has 0 unspecified atom stereocenters. The molecular weight excluding hydrogens is 220 g/mol. The van der Waals surface area contributed by atoms with Gasteiger partial charge in [0, 0.05) is 6.04 Å². The van der Waals surface area contributed by atoms with Gasteiger partial charge in [0.15, 0.2) is 0 Å². The summed E-state index contributed by atoms with van der Waals surface area (Å²) >= 11 is 0. The maximum Gasteiger partial charge on any atom is 0.00103 e. The van der Waals surface area contributed by atoms with E-state index in [1.165, 1.54) is 23.1 Å². The lowest BCUT2D eigenvalue weighted by Gasteiger charge is -2.09. The third-order valence-electron chi connectivity index (χ3n) is 3.24. The molecule has 0 saturated carbocycles. The molecule has 0 saturated heterocycles. The van der Waals surface area contributed by atoms with Crippen molar-refractivity contribution in [1.29, 1.82) is 0 Å². The Kier molecular flexibility index (Phi) is 6.99. The van der Waals surface area contributed by atoms with Gasteiger partial charge in [-0.3, -0.25) is 0 Å². The number of aryl methyl sites for hydroxylation is 2. The zero-order valence-electron chi connectivity index (χ0n) is 12.3. The fourth-order valence-electron chi connectivity index (χ4n) is 1.92. The molecule has 18 heavy (non-hydrogen) atoms. The first-order valence-corrected chi connectivity index (χ1v) is 7.10. The summed E-state index contributed by atoms with van der Waals surface area (Å²) in [5.74, 6) is 0. The number of hydrogen-bond donors (Lipinski definition) is 2. The van der Waals surface area contributed by atoms with E-state index in [0.717, 1.165) is 26.1 Å². The summed E-state index contributed by atoms with van der Waals surface area (Å²) in [6, 6.07) is 7.36. The van der Waals surface area contributed by atoms with Gasteiger partial charge in [0.1, 0.15) is 0 Å². The Hall–Kier alpha value is -0.860. The topological polar surface area (TPSA) is 24.1 Å². The predicted molar refractivity (Wildman–Crippen MR) is 80.2 cm³/mol. The van der Waals surface area contributed by atoms with Crippen LogP contribution in [-0.4, -0.2) is 25.7 Å². The first-order chi connectivity index (χ1) is 8.59. The highest BCUT2D eigenvalue weighted by Crippen LogP contribution is 2.09. The summed E-state index contributed by atoms with van der Waals surface area (Å²) in [5.41, 5.74) is 4.21. The Morgan fingerprint density at radius 1 is 1.00 bits per heavy atom. The molecule has 0 aliphatic rings. The number of nitrogens with one attached hydrogen (secondary N) is 2. The molecule has 1 aromatic carbocycles. The van der Waals surface area contributed by atoms with Gasteiger partial charge >= 0.3 is 0 Å². The van der Waals surface area contributed by atoms with Gasteiger partial charge in [-0.25, -0.2) is 0 Å². The summed E-state index contributed by atoms with van der Waals surface area (Å²) in [6.07, 6.45) is 2.32. The van der Waals surface area contributed by atoms with E-state index in [1.54, 1.807) is 0 Å². The third kappa shape index (κ3) is 6.18. The molecule has 2 nitrogen and oxygen atoms in total. The van der Waals surface area contributed by atoms with Crippen LogP contribution in [0.2, 0.25) is 0 Å². The lowest BCUT2D eigenvalue weighted by molar-refractivity contribution is 0.548. The smallest absolute Gasteiger partial charge is 0.00103 e. The molecule has 1 aromatic rings. The van der Waals surface area contributed by atoms with Crippen molar-refractivity contribution >= 4 is 0 Å². The summed E-state index contributed by atoms with van der Waals surface area (Å²) in [6.45, 7) is 12.0. The molecule has 0 aliphatic carbocycles. The first kappa shape index (κ1) is 15.2. The second kappa shape index (κ2) is 8.28. The summed E-state index contributed by atoms with van der Waals surface area (Å²) in [7, 11) is 0. The van der Waals surface area contributed by atoms with Gasteiger partial charge in [0.2, 0.25) is 0 Å². The van der Waals surface area contributed by atoms with E-state index in [-0.39, 0.29) is 0 Å². The van der Waals surface area contributed by atoms with Crippen LogP contribution in [0.15, 0.2) is 18.2 Å². The van der Waals surface area contributed by atoms with E-state index in [9.17, 15) is 0 Å². The van der Waals surface area contributed by atoms with E-state index in [2.05, 4.69) is 56.5 Å².